The molecule has 0 aliphatic rings. The van der Waals surface area contributed by atoms with E-state index in [1.165, 1.54) is 0 Å². The van der Waals surface area contributed by atoms with Gasteiger partial charge in [-0.3, -0.25) is 4.98 Å². The zero-order chi connectivity index (χ0) is 14.4. The summed E-state index contributed by atoms with van der Waals surface area (Å²) in [4.78, 5) is 8.46. The minimum Gasteiger partial charge on any atom is -0.354 e. The Morgan fingerprint density at radius 2 is 1.85 bits per heavy atom. The largest absolute Gasteiger partial charge is 0.354 e. The summed E-state index contributed by atoms with van der Waals surface area (Å²) in [5.74, 6) is 0.664. The number of rotatable bonds is 2. The molecule has 3 heterocycles. The predicted molar refractivity (Wildman–Crippen MR) is 79.1 cm³/mol. The molecule has 3 aromatic heterocycles. The number of aryl methyl sites for hydroxylation is 1. The molecule has 0 bridgehead atoms. The van der Waals surface area contributed by atoms with Gasteiger partial charge in [0, 0.05) is 29.7 Å². The molecule has 0 radical (unpaired) electrons. The molecule has 4 nitrogen and oxygen atoms in total. The molecule has 4 heteroatoms. The van der Waals surface area contributed by atoms with Crippen LogP contribution >= 0.6 is 0 Å². The lowest BCUT2D eigenvalue weighted by atomic mass is 10.2. The van der Waals surface area contributed by atoms with Crippen molar-refractivity contribution in [1.29, 1.82) is 0 Å². The van der Waals surface area contributed by atoms with Crippen molar-refractivity contribution in [3.05, 3.63) is 54.5 Å². The van der Waals surface area contributed by atoms with E-state index in [1.54, 1.807) is 12.4 Å². The van der Waals surface area contributed by atoms with Crippen molar-refractivity contribution < 1.29 is 4.52 Å². The van der Waals surface area contributed by atoms with Crippen LogP contribution in [0.2, 0.25) is 0 Å². The van der Waals surface area contributed by atoms with Gasteiger partial charge in [-0.2, -0.15) is 0 Å². The molecule has 20 heavy (non-hydrogen) atoms. The molecule has 0 aliphatic carbocycles. The molecule has 3 rings (SSSR count). The SMILES string of the molecule is CC.Cc1cccc(-c2cc(-c3cccnc3)no2)n1. The number of hydrogen-bond acceptors (Lipinski definition) is 4. The van der Waals surface area contributed by atoms with Crippen LogP contribution in [0.1, 0.15) is 19.5 Å². The van der Waals surface area contributed by atoms with E-state index in [2.05, 4.69) is 15.1 Å². The summed E-state index contributed by atoms with van der Waals surface area (Å²) in [6, 6.07) is 11.5. The van der Waals surface area contributed by atoms with Crippen LogP contribution in [0.15, 0.2) is 53.3 Å². The lowest BCUT2D eigenvalue weighted by Gasteiger charge is -1.95. The molecule has 0 saturated heterocycles. The van der Waals surface area contributed by atoms with E-state index in [0.29, 0.717) is 5.76 Å². The molecule has 0 saturated carbocycles. The van der Waals surface area contributed by atoms with Crippen molar-refractivity contribution in [2.75, 3.05) is 0 Å². The first-order valence-corrected chi connectivity index (χ1v) is 6.64. The van der Waals surface area contributed by atoms with Crippen LogP contribution < -0.4 is 0 Å². The summed E-state index contributed by atoms with van der Waals surface area (Å²) in [5, 5.41) is 4.04. The standard InChI is InChI=1S/C14H11N3O.C2H6/c1-10-4-2-6-12(16-10)14-8-13(17-18-14)11-5-3-7-15-9-11;1-2/h2-9H,1H3;1-2H3. The number of aromatic nitrogens is 3. The maximum atomic E-state index is 5.32. The highest BCUT2D eigenvalue weighted by Crippen LogP contribution is 2.24. The molecule has 0 amide bonds. The first-order chi connectivity index (χ1) is 9.83. The number of hydrogen-bond donors (Lipinski definition) is 0. The van der Waals surface area contributed by atoms with Gasteiger partial charge in [0.1, 0.15) is 11.4 Å². The average Bonchev–Trinajstić information content (AvgIpc) is 3.00. The fourth-order valence-corrected chi connectivity index (χ4v) is 1.73. The molecular formula is C16H17N3O. The molecule has 0 aliphatic heterocycles. The monoisotopic (exact) mass is 267 g/mol. The van der Waals surface area contributed by atoms with Gasteiger partial charge in [-0.15, -0.1) is 0 Å². The summed E-state index contributed by atoms with van der Waals surface area (Å²) in [6.07, 6.45) is 3.48. The van der Waals surface area contributed by atoms with E-state index >= 15 is 0 Å². The Hall–Kier alpha value is -2.49. The van der Waals surface area contributed by atoms with Crippen LogP contribution in [0.5, 0.6) is 0 Å². The van der Waals surface area contributed by atoms with Gasteiger partial charge in [0.2, 0.25) is 0 Å². The highest BCUT2D eigenvalue weighted by molar-refractivity contribution is 5.64. The first-order valence-electron chi connectivity index (χ1n) is 6.64. The van der Waals surface area contributed by atoms with E-state index in [4.69, 9.17) is 4.52 Å². The van der Waals surface area contributed by atoms with Crippen molar-refractivity contribution in [2.24, 2.45) is 0 Å². The zero-order valence-electron chi connectivity index (χ0n) is 11.9. The van der Waals surface area contributed by atoms with Crippen LogP contribution in [0.3, 0.4) is 0 Å². The Bertz CT molecular complexity index is 662. The molecule has 102 valence electrons. The molecular weight excluding hydrogens is 250 g/mol. The van der Waals surface area contributed by atoms with Crippen LogP contribution in [0.25, 0.3) is 22.7 Å². The molecule has 3 aromatic rings. The normalized spacial score (nSPS) is 9.75. The highest BCUT2D eigenvalue weighted by Gasteiger charge is 2.09. The minimum absolute atomic E-state index is 0.664. The van der Waals surface area contributed by atoms with E-state index in [1.807, 2.05) is 57.2 Å². The lowest BCUT2D eigenvalue weighted by molar-refractivity contribution is 0.433. The Kier molecular flexibility index (Phi) is 4.60. The summed E-state index contributed by atoms with van der Waals surface area (Å²) >= 11 is 0. The summed E-state index contributed by atoms with van der Waals surface area (Å²) in [5.41, 5.74) is 3.44. The first kappa shape index (κ1) is 13.9. The summed E-state index contributed by atoms with van der Waals surface area (Å²) in [6.45, 7) is 5.95. The minimum atomic E-state index is 0.664. The maximum absolute atomic E-state index is 5.32. The number of nitrogens with zero attached hydrogens (tertiary/aromatic N) is 3. The lowest BCUT2D eigenvalue weighted by Crippen LogP contribution is -1.83. The third-order valence-corrected chi connectivity index (χ3v) is 2.61. The Morgan fingerprint density at radius 3 is 2.55 bits per heavy atom. The molecule has 0 fully saturated rings. The van der Waals surface area contributed by atoms with Crippen molar-refractivity contribution in [3.8, 4) is 22.7 Å². The Balaban J connectivity index is 0.000000704. The molecule has 0 atom stereocenters. The van der Waals surface area contributed by atoms with Gasteiger partial charge >= 0.3 is 0 Å². The third-order valence-electron chi connectivity index (χ3n) is 2.61. The van der Waals surface area contributed by atoms with Crippen molar-refractivity contribution in [3.63, 3.8) is 0 Å². The van der Waals surface area contributed by atoms with Crippen LogP contribution in [-0.2, 0) is 0 Å². The van der Waals surface area contributed by atoms with Gasteiger partial charge in [-0.25, -0.2) is 4.98 Å². The molecule has 0 unspecified atom stereocenters. The average molecular weight is 267 g/mol. The fourth-order valence-electron chi connectivity index (χ4n) is 1.73. The van der Waals surface area contributed by atoms with Gasteiger partial charge in [0.05, 0.1) is 0 Å². The quantitative estimate of drug-likeness (QED) is 0.700. The van der Waals surface area contributed by atoms with E-state index in [9.17, 15) is 0 Å². The fraction of sp³-hybridized carbons (Fsp3) is 0.188. The molecule has 0 spiro atoms. The second kappa shape index (κ2) is 6.61. The van der Waals surface area contributed by atoms with Crippen LogP contribution in [-0.4, -0.2) is 15.1 Å². The van der Waals surface area contributed by atoms with E-state index in [-0.39, 0.29) is 0 Å². The maximum Gasteiger partial charge on any atom is 0.185 e. The number of pyridine rings is 2. The smallest absolute Gasteiger partial charge is 0.185 e. The zero-order valence-corrected chi connectivity index (χ0v) is 11.9. The predicted octanol–water partition coefficient (Wildman–Crippen LogP) is 4.13. The molecule has 0 aromatic carbocycles. The van der Waals surface area contributed by atoms with Gasteiger partial charge in [-0.1, -0.05) is 25.1 Å². The summed E-state index contributed by atoms with van der Waals surface area (Å²) < 4.78 is 5.32. The van der Waals surface area contributed by atoms with Crippen LogP contribution in [0, 0.1) is 6.92 Å². The van der Waals surface area contributed by atoms with E-state index in [0.717, 1.165) is 22.6 Å². The Morgan fingerprint density at radius 1 is 1.00 bits per heavy atom. The van der Waals surface area contributed by atoms with Gasteiger partial charge in [0.15, 0.2) is 5.76 Å². The van der Waals surface area contributed by atoms with E-state index < -0.39 is 0 Å². The van der Waals surface area contributed by atoms with Crippen molar-refractivity contribution >= 4 is 0 Å². The van der Waals surface area contributed by atoms with Gasteiger partial charge < -0.3 is 4.52 Å². The topological polar surface area (TPSA) is 51.8 Å². The third kappa shape index (κ3) is 3.09. The second-order valence-corrected chi connectivity index (χ2v) is 3.98. The highest BCUT2D eigenvalue weighted by atomic mass is 16.5. The summed E-state index contributed by atoms with van der Waals surface area (Å²) in [7, 11) is 0. The van der Waals surface area contributed by atoms with Crippen LogP contribution in [0.4, 0.5) is 0 Å². The Labute approximate surface area is 118 Å². The second-order valence-electron chi connectivity index (χ2n) is 3.98. The van der Waals surface area contributed by atoms with Crippen molar-refractivity contribution in [1.82, 2.24) is 15.1 Å². The van der Waals surface area contributed by atoms with Gasteiger partial charge in [0.25, 0.3) is 0 Å². The van der Waals surface area contributed by atoms with Gasteiger partial charge in [-0.05, 0) is 31.2 Å². The van der Waals surface area contributed by atoms with Crippen molar-refractivity contribution in [2.45, 2.75) is 20.8 Å². The molecule has 0 N–H and O–H groups in total.